The van der Waals surface area contributed by atoms with E-state index in [-0.39, 0.29) is 127 Å². The molecule has 19 rings (SSSR count). The number of carboxylic acids is 5. The topological polar surface area (TPSA) is 439 Å². The van der Waals surface area contributed by atoms with E-state index in [1.54, 1.807) is 19.6 Å². The normalized spacial score (nSPS) is 35.7. The van der Waals surface area contributed by atoms with E-state index in [1.165, 1.54) is 24.0 Å². The van der Waals surface area contributed by atoms with Crippen LogP contribution in [0.5, 0.6) is 0 Å². The maximum atomic E-state index is 12.9. The third kappa shape index (κ3) is 20.8. The van der Waals surface area contributed by atoms with Crippen LogP contribution in [0.2, 0.25) is 0 Å². The van der Waals surface area contributed by atoms with E-state index in [2.05, 4.69) is 35.9 Å². The van der Waals surface area contributed by atoms with Crippen molar-refractivity contribution < 1.29 is 131 Å². The van der Waals surface area contributed by atoms with Gasteiger partial charge in [-0.2, -0.15) is 0 Å². The van der Waals surface area contributed by atoms with Gasteiger partial charge in [0.15, 0.2) is 0 Å². The zero-order valence-corrected chi connectivity index (χ0v) is 73.7. The number of esters is 1. The highest BCUT2D eigenvalue weighted by Crippen LogP contribution is 2.50. The number of nitrogens with zero attached hydrogens (tertiary/aromatic N) is 9. The molecule has 24 atom stereocenters. The number of ether oxygens (including phenoxy) is 8. The summed E-state index contributed by atoms with van der Waals surface area (Å²) in [5, 5.41) is 52.8. The van der Waals surface area contributed by atoms with E-state index in [1.807, 2.05) is 53.7 Å². The first kappa shape index (κ1) is 93.9. The largest absolute Gasteiger partial charge is 0.550 e. The molecule has 0 saturated carbocycles. The lowest BCUT2D eigenvalue weighted by Gasteiger charge is -2.38. The van der Waals surface area contributed by atoms with Crippen molar-refractivity contribution in [2.24, 2.45) is 71.0 Å². The van der Waals surface area contributed by atoms with E-state index in [4.69, 9.17) is 37.9 Å². The highest BCUT2D eigenvalue weighted by Gasteiger charge is 2.62. The van der Waals surface area contributed by atoms with E-state index < -0.39 is 101 Å². The fourth-order valence-electron chi connectivity index (χ4n) is 23.2. The highest BCUT2D eigenvalue weighted by molar-refractivity contribution is 5.91. The number of fused-ring (bicyclic) bond motifs is 12. The van der Waals surface area contributed by atoms with Crippen LogP contribution in [-0.2, 0) is 102 Å². The Morgan fingerprint density at radius 2 is 0.619 bits per heavy atom. The molecule has 18 heterocycles. The van der Waals surface area contributed by atoms with Crippen molar-refractivity contribution in [2.75, 3.05) is 152 Å². The summed E-state index contributed by atoms with van der Waals surface area (Å²) >= 11 is 0. The van der Waals surface area contributed by atoms with Crippen LogP contribution in [0.3, 0.4) is 0 Å². The van der Waals surface area contributed by atoms with Gasteiger partial charge in [0.05, 0.1) is 167 Å². The van der Waals surface area contributed by atoms with Crippen LogP contribution in [0.1, 0.15) is 149 Å². The van der Waals surface area contributed by atoms with E-state index >= 15 is 0 Å². The molecule has 12 unspecified atom stereocenters. The maximum absolute atomic E-state index is 12.9. The van der Waals surface area contributed by atoms with Crippen molar-refractivity contribution in [1.82, 2.24) is 44.1 Å². The predicted molar refractivity (Wildman–Crippen MR) is 437 cm³/mol. The molecule has 1 aromatic carbocycles. The van der Waals surface area contributed by atoms with Gasteiger partial charge >= 0.3 is 24.0 Å². The Kier molecular flexibility index (Phi) is 30.7. The second-order valence-electron chi connectivity index (χ2n) is 38.4. The molecule has 7 amide bonds. The summed E-state index contributed by atoms with van der Waals surface area (Å²) in [7, 11) is 3.49. The minimum absolute atomic E-state index is 0.0287. The lowest BCUT2D eigenvalue weighted by Crippen LogP contribution is -3.12. The average molecular weight is 1770 g/mol. The van der Waals surface area contributed by atoms with Gasteiger partial charge in [-0.05, 0) is 148 Å². The molecule has 698 valence electrons. The van der Waals surface area contributed by atoms with Gasteiger partial charge in [0.25, 0.3) is 0 Å². The van der Waals surface area contributed by atoms with Crippen LogP contribution < -0.4 is 20.2 Å². The number of likely N-dealkylation sites (tertiary alicyclic amines) is 2. The molecule has 18 saturated heterocycles. The molecule has 12 bridgehead atoms. The fraction of sp³-hybridized carbons (Fsp3) is 0.789. The van der Waals surface area contributed by atoms with Crippen molar-refractivity contribution in [2.45, 2.75) is 229 Å². The van der Waals surface area contributed by atoms with Crippen molar-refractivity contribution in [1.29, 1.82) is 0 Å². The first-order valence-electron chi connectivity index (χ1n) is 46.5. The Morgan fingerprint density at radius 3 is 0.921 bits per heavy atom. The first-order chi connectivity index (χ1) is 60.4. The summed E-state index contributed by atoms with van der Waals surface area (Å²) in [5.41, 5.74) is 0.717. The van der Waals surface area contributed by atoms with Crippen LogP contribution >= 0.6 is 0 Å². The number of aliphatic carboxylic acids is 5. The Morgan fingerprint density at radius 1 is 0.357 bits per heavy atom. The van der Waals surface area contributed by atoms with Crippen molar-refractivity contribution in [3.63, 3.8) is 0 Å². The fourth-order valence-corrected chi connectivity index (χ4v) is 23.2. The first-order valence-corrected chi connectivity index (χ1v) is 46.5. The zero-order chi connectivity index (χ0) is 89.7. The number of carbonyl (C=O) groups excluding carboxylic acids is 11. The maximum Gasteiger partial charge on any atom is 0.410 e. The van der Waals surface area contributed by atoms with E-state index in [9.17, 15) is 87.9 Å². The number of hydrogen-bond acceptors (Lipinski definition) is 26. The smallest absolute Gasteiger partial charge is 0.410 e. The standard InChI is InChI=1S/C19H24N2O4.C17H26N2O6.C14H22N2O4.C14H21NO4.C13H20N2O4.C13H19NO4/c22-18(16-14-6-7-15(25-14)17(16)19(23)24)21-10-8-20(9-11-21)12-13-4-2-1-3-5-13;1-17(2,3)25-16(23)19-8-6-18(7-9-19)14(20)12-10-4-5-11(24-10)13(12)15(21)22;1-2-15-5-7-16(8-6-15)13(17)11-9-3-4-10(20-9)12(11)14(18)19;1-18-14(17)12-10-6-5-9(19-10)11(12)13(16)15-7-3-2-4-8-15;1-14-4-6-15(7-5-14)12(16)10-8-2-3-9(19-8)11(10)13(17)18;15-12(14-6-2-1-3-7-14)10-8-4-5-9(18-8)11(10)13(16)17/h1-5,14-17H,6-12H2,(H,23,24);10-13H,4-9H2,1-3H3,(H,21,22);9-12H,2-8H2,1H3,(H,18,19);9-12H,2-8H2,1H3;8-11H,2-7H2,1H3,(H,17,18);8-11H,1-7H2,(H,16,17)/p-2/t14-,15+,16?,17?;10-,11+,12?,13?;2*9-,10+,11?,12?;2*8-,9+,10?,11?/m000000/s1. The minimum Gasteiger partial charge on any atom is -0.550 e. The third-order valence-corrected chi connectivity index (χ3v) is 29.8. The molecule has 0 radical (unpaired) electrons. The summed E-state index contributed by atoms with van der Waals surface area (Å²) in [5.74, 6) is -12.8. The second-order valence-corrected chi connectivity index (χ2v) is 38.4. The van der Waals surface area contributed by atoms with Gasteiger partial charge in [-0.3, -0.25) is 48.1 Å². The number of methoxy groups -OCH3 is 1. The van der Waals surface area contributed by atoms with Crippen molar-refractivity contribution in [3.05, 3.63) is 35.9 Å². The summed E-state index contributed by atoms with van der Waals surface area (Å²) in [6.45, 7) is 23.4. The predicted octanol–water partition coefficient (Wildman–Crippen LogP) is -1.76. The van der Waals surface area contributed by atoms with Crippen LogP contribution in [0.15, 0.2) is 30.3 Å². The van der Waals surface area contributed by atoms with Crippen LogP contribution in [0, 0.1) is 71.0 Å². The quantitative estimate of drug-likeness (QED) is 0.164. The Balaban J connectivity index is 0.000000123. The van der Waals surface area contributed by atoms with Gasteiger partial charge in [0.2, 0.25) is 35.4 Å². The third-order valence-electron chi connectivity index (χ3n) is 29.8. The average Bonchev–Trinajstić information content (AvgIpc) is 1.71. The Bertz CT molecular complexity index is 4040. The van der Waals surface area contributed by atoms with Crippen LogP contribution in [-0.4, -0.2) is 362 Å². The summed E-state index contributed by atoms with van der Waals surface area (Å²) < 4.78 is 44.3. The number of piperidine rings is 2. The molecule has 18 aliphatic rings. The van der Waals surface area contributed by atoms with Crippen LogP contribution in [0.25, 0.3) is 0 Å². The molecule has 126 heavy (non-hydrogen) atoms. The summed E-state index contributed by atoms with van der Waals surface area (Å²) in [6, 6.07) is 10.3. The van der Waals surface area contributed by atoms with Gasteiger partial charge in [-0.1, -0.05) is 37.3 Å². The molecule has 0 aromatic heterocycles. The molecule has 3 N–H and O–H groups in total. The number of piperazine rings is 4. The summed E-state index contributed by atoms with van der Waals surface area (Å²) in [6.07, 6.45) is 12.6. The minimum atomic E-state index is -1.14. The Labute approximate surface area is 736 Å². The SMILES string of the molecule is CC(C)(C)OC(=O)N1CCN(C(=O)C2C(C(=O)O)[C@H]3CC[C@@H]2O3)CC1.CCN1CCN(C(=O)C2C(C(=O)[O-])[C@H]3CC[C@@H]2O3)CC1.COC(=O)C1C(C(=O)N2CCCCC2)[C@@H]2CC[C@H]1O2.C[NH+]1CCN(C(=O)C2C(C(=O)[O-])[C@H]3CC[C@@H]2O3)CC1.O=C(O)C1C(C(=O)N2CCN(Cc3ccccc3)CC2)[C@@H]2CC[C@H]1O2.O=C([O-])C1C(C(=O)N2CCCCC2)[C@@H]2CC[C@H]1O2. The zero-order valence-electron chi connectivity index (χ0n) is 73.7. The molecule has 0 aliphatic carbocycles. The van der Waals surface area contributed by atoms with Crippen LogP contribution in [0.4, 0.5) is 4.79 Å². The molecule has 36 heteroatoms. The molecule has 0 spiro atoms. The molecule has 36 nitrogen and oxygen atoms in total. The number of nitrogens with one attached hydrogen (secondary N) is 1. The van der Waals surface area contributed by atoms with Crippen molar-refractivity contribution >= 4 is 77.4 Å². The molecular weight excluding hydrogens is 1640 g/mol. The molecule has 1 aromatic rings. The van der Waals surface area contributed by atoms with Gasteiger partial charge in [-0.25, -0.2) is 4.79 Å². The number of rotatable bonds is 15. The summed E-state index contributed by atoms with van der Waals surface area (Å²) in [4.78, 5) is 176. The van der Waals surface area contributed by atoms with Gasteiger partial charge in [0, 0.05) is 147 Å². The lowest BCUT2D eigenvalue weighted by molar-refractivity contribution is -0.883. The lowest BCUT2D eigenvalue weighted by atomic mass is 9.78. The number of likely N-dealkylation sites (N-methyl/N-ethyl adjacent to an activating group) is 2. The molecule has 18 aliphatic heterocycles. The number of quaternary nitrogens is 1. The number of carboxylic acid groups (broad SMARTS) is 5. The number of carbonyl (C=O) groups is 13. The number of benzene rings is 1. The van der Waals surface area contributed by atoms with E-state index in [0.29, 0.717) is 71.9 Å². The second kappa shape index (κ2) is 41.3. The monoisotopic (exact) mass is 1770 g/mol. The molecule has 18 fully saturated rings. The number of hydrogen-bond donors (Lipinski definition) is 3. The van der Waals surface area contributed by atoms with Crippen molar-refractivity contribution in [3.8, 4) is 0 Å². The van der Waals surface area contributed by atoms with E-state index in [0.717, 1.165) is 181 Å². The number of amides is 7. The Hall–Kier alpha value is -8.23. The van der Waals surface area contributed by atoms with Gasteiger partial charge in [-0.15, -0.1) is 0 Å². The molecular formula is C90H130N10O26-2. The highest BCUT2D eigenvalue weighted by atomic mass is 16.6. The van der Waals surface area contributed by atoms with Gasteiger partial charge < -0.3 is 122 Å². The van der Waals surface area contributed by atoms with Gasteiger partial charge in [0.1, 0.15) is 5.60 Å².